The summed E-state index contributed by atoms with van der Waals surface area (Å²) in [6.45, 7) is -1.18. The van der Waals surface area contributed by atoms with Crippen molar-refractivity contribution in [2.24, 2.45) is 5.92 Å². The Balaban J connectivity index is 1.08. The van der Waals surface area contributed by atoms with Crippen LogP contribution in [0.1, 0.15) is 68.2 Å². The van der Waals surface area contributed by atoms with Crippen LogP contribution in [0.3, 0.4) is 0 Å². The summed E-state index contributed by atoms with van der Waals surface area (Å²) >= 11 is 0. The highest BCUT2D eigenvalue weighted by Gasteiger charge is 2.55. The van der Waals surface area contributed by atoms with Crippen molar-refractivity contribution in [3.05, 3.63) is 149 Å². The quantitative estimate of drug-likeness (QED) is 0.131. The molecule has 0 fully saturated rings. The third-order valence-electron chi connectivity index (χ3n) is 11.0. The van der Waals surface area contributed by atoms with E-state index >= 15 is 0 Å². The Hall–Kier alpha value is -5.98. The number of nitrogens with zero attached hydrogens (tertiary/aromatic N) is 1. The van der Waals surface area contributed by atoms with E-state index in [1.54, 1.807) is 48.5 Å². The number of amides is 3. The Kier molecular flexibility index (Phi) is 10.7. The molecule has 7 rings (SSSR count). The van der Waals surface area contributed by atoms with Crippen LogP contribution in [-0.4, -0.2) is 54.2 Å². The van der Waals surface area contributed by atoms with Crippen molar-refractivity contribution < 1.29 is 45.5 Å². The normalized spacial score (nSPS) is 20.3. The van der Waals surface area contributed by atoms with E-state index in [1.807, 2.05) is 30.4 Å². The maximum absolute atomic E-state index is 13.9. The van der Waals surface area contributed by atoms with Crippen molar-refractivity contribution in [2.75, 3.05) is 25.0 Å². The average Bonchev–Trinajstić information content (AvgIpc) is 3.48. The number of nitrogens with one attached hydrogen (secondary N) is 2. The average molecular weight is 786 g/mol. The minimum absolute atomic E-state index is 0.0739. The molecule has 1 aliphatic heterocycles. The fourth-order valence-electron chi connectivity index (χ4n) is 8.41. The molecule has 0 spiro atoms. The van der Waals surface area contributed by atoms with Gasteiger partial charge < -0.3 is 15.5 Å². The molecule has 4 aromatic rings. The first-order valence-corrected chi connectivity index (χ1v) is 18.5. The Labute approximate surface area is 324 Å². The van der Waals surface area contributed by atoms with Crippen LogP contribution in [0.5, 0.6) is 0 Å². The molecule has 3 amide bonds. The van der Waals surface area contributed by atoms with Crippen LogP contribution in [0.2, 0.25) is 0 Å². The Bertz CT molecular complexity index is 2280. The number of hydrogen-bond donors (Lipinski definition) is 2. The van der Waals surface area contributed by atoms with Crippen molar-refractivity contribution in [1.82, 2.24) is 10.2 Å². The number of rotatable bonds is 9. The number of fused-ring (bicyclic) bond motifs is 4. The molecule has 294 valence electrons. The van der Waals surface area contributed by atoms with Crippen LogP contribution >= 0.6 is 0 Å². The standard InChI is InChI=1S/C44H37F6N3O4/c45-43(46,47)26-51-41(57)42(36-14-5-3-11-32(36)33-12-4-6-15-37(33)42)22-8-24-53-23-7-9-27-18-21-30(25-35(27)38(54)40(53)56)52-39(55)34-13-2-1-10-31(34)28-16-19-29(20-17-28)44(48,49)50/h1-6,10-21,25,32,36H,7-9,22-24,26H2,(H,51,57)(H,52,55). The van der Waals surface area contributed by atoms with Gasteiger partial charge in [-0.05, 0) is 83.8 Å². The van der Waals surface area contributed by atoms with Gasteiger partial charge >= 0.3 is 12.4 Å². The summed E-state index contributed by atoms with van der Waals surface area (Å²) in [6, 6.07) is 22.8. The maximum Gasteiger partial charge on any atom is 0.416 e. The Morgan fingerprint density at radius 1 is 0.825 bits per heavy atom. The van der Waals surface area contributed by atoms with E-state index in [-0.39, 0.29) is 48.7 Å². The molecule has 2 aliphatic carbocycles. The summed E-state index contributed by atoms with van der Waals surface area (Å²) in [7, 11) is 0. The van der Waals surface area contributed by atoms with Gasteiger partial charge in [0, 0.05) is 41.7 Å². The third kappa shape index (κ3) is 7.88. The molecule has 13 heteroatoms. The van der Waals surface area contributed by atoms with Crippen LogP contribution < -0.4 is 10.6 Å². The number of anilines is 1. The van der Waals surface area contributed by atoms with E-state index in [2.05, 4.69) is 10.6 Å². The van der Waals surface area contributed by atoms with Crippen LogP contribution in [0, 0.1) is 5.92 Å². The molecule has 4 aromatic carbocycles. The lowest BCUT2D eigenvalue weighted by Crippen LogP contribution is -2.50. The number of carbonyl (C=O) groups is 4. The Morgan fingerprint density at radius 2 is 1.54 bits per heavy atom. The van der Waals surface area contributed by atoms with Gasteiger partial charge in [0.2, 0.25) is 5.91 Å². The lowest BCUT2D eigenvalue weighted by molar-refractivity contribution is -0.143. The third-order valence-corrected chi connectivity index (χ3v) is 11.0. The fourth-order valence-corrected chi connectivity index (χ4v) is 8.41. The SMILES string of the molecule is O=C1C(=O)N(CCCC2(C(=O)NCC(F)(F)F)c3ccccc3C3C=CC=CC32)CCCc2ccc(NC(=O)c3ccccc3-c3ccc(C(F)(F)F)cc3)cc21. The maximum atomic E-state index is 13.9. The van der Waals surface area contributed by atoms with E-state index in [0.717, 1.165) is 17.7 Å². The number of benzene rings is 4. The second-order valence-corrected chi connectivity index (χ2v) is 14.5. The molecule has 0 saturated heterocycles. The summed E-state index contributed by atoms with van der Waals surface area (Å²) in [5.41, 5.74) is 1.22. The highest BCUT2D eigenvalue weighted by molar-refractivity contribution is 6.43. The van der Waals surface area contributed by atoms with Gasteiger partial charge in [-0.3, -0.25) is 19.2 Å². The molecular weight excluding hydrogens is 748 g/mol. The predicted octanol–water partition coefficient (Wildman–Crippen LogP) is 8.82. The van der Waals surface area contributed by atoms with Crippen molar-refractivity contribution in [3.63, 3.8) is 0 Å². The highest BCUT2D eigenvalue weighted by Crippen LogP contribution is 2.55. The minimum Gasteiger partial charge on any atom is -0.346 e. The van der Waals surface area contributed by atoms with Crippen molar-refractivity contribution in [2.45, 2.75) is 49.4 Å². The van der Waals surface area contributed by atoms with E-state index in [9.17, 15) is 45.5 Å². The van der Waals surface area contributed by atoms with E-state index in [0.29, 0.717) is 35.1 Å². The number of Topliss-reactive ketones (excluding diaryl/α,β-unsaturated/α-hetero) is 1. The smallest absolute Gasteiger partial charge is 0.346 e. The molecule has 0 saturated carbocycles. The van der Waals surface area contributed by atoms with Gasteiger partial charge in [0.15, 0.2) is 0 Å². The number of hydrogen-bond acceptors (Lipinski definition) is 4. The minimum atomic E-state index is -4.62. The molecule has 3 unspecified atom stereocenters. The highest BCUT2D eigenvalue weighted by atomic mass is 19.4. The van der Waals surface area contributed by atoms with Gasteiger partial charge in [-0.2, -0.15) is 26.3 Å². The van der Waals surface area contributed by atoms with Crippen molar-refractivity contribution >= 4 is 29.2 Å². The van der Waals surface area contributed by atoms with Crippen LogP contribution in [0.15, 0.2) is 115 Å². The van der Waals surface area contributed by atoms with E-state index in [1.165, 1.54) is 29.2 Å². The number of carbonyl (C=O) groups excluding carboxylic acids is 4. The van der Waals surface area contributed by atoms with Gasteiger partial charge in [0.1, 0.15) is 6.54 Å². The summed E-state index contributed by atoms with van der Waals surface area (Å²) in [4.78, 5) is 56.4. The molecule has 0 bridgehead atoms. The molecule has 3 aliphatic rings. The zero-order valence-corrected chi connectivity index (χ0v) is 30.4. The molecule has 0 radical (unpaired) electrons. The van der Waals surface area contributed by atoms with Crippen LogP contribution in [0.4, 0.5) is 32.0 Å². The molecule has 57 heavy (non-hydrogen) atoms. The molecular formula is C44H37F6N3O4. The molecule has 2 N–H and O–H groups in total. The first-order chi connectivity index (χ1) is 27.2. The molecule has 0 aromatic heterocycles. The van der Waals surface area contributed by atoms with Crippen LogP contribution in [-0.2, 0) is 27.6 Å². The van der Waals surface area contributed by atoms with Gasteiger partial charge in [0.25, 0.3) is 17.6 Å². The van der Waals surface area contributed by atoms with Gasteiger partial charge in [-0.25, -0.2) is 0 Å². The zero-order valence-electron chi connectivity index (χ0n) is 30.4. The lowest BCUT2D eigenvalue weighted by Gasteiger charge is -2.37. The number of halogens is 6. The fraction of sp³-hybridized carbons (Fsp3) is 0.273. The first-order valence-electron chi connectivity index (χ1n) is 18.5. The number of aryl methyl sites for hydroxylation is 1. The van der Waals surface area contributed by atoms with Crippen molar-refractivity contribution in [3.8, 4) is 11.1 Å². The van der Waals surface area contributed by atoms with E-state index < -0.39 is 59.3 Å². The summed E-state index contributed by atoms with van der Waals surface area (Å²) in [5, 5.41) is 4.89. The second-order valence-electron chi connectivity index (χ2n) is 14.5. The molecule has 3 atom stereocenters. The van der Waals surface area contributed by atoms with Crippen LogP contribution in [0.25, 0.3) is 11.1 Å². The topological polar surface area (TPSA) is 95.6 Å². The Morgan fingerprint density at radius 3 is 2.30 bits per heavy atom. The first kappa shape index (κ1) is 39.3. The van der Waals surface area contributed by atoms with Gasteiger partial charge in [-0.15, -0.1) is 0 Å². The van der Waals surface area contributed by atoms with Gasteiger partial charge in [0.05, 0.1) is 11.0 Å². The second kappa shape index (κ2) is 15.5. The lowest BCUT2D eigenvalue weighted by atomic mass is 9.68. The zero-order chi connectivity index (χ0) is 40.5. The summed E-state index contributed by atoms with van der Waals surface area (Å²) in [5.74, 6) is -3.59. The number of ketones is 1. The number of allylic oxidation sites excluding steroid dienone is 4. The summed E-state index contributed by atoms with van der Waals surface area (Å²) in [6.07, 6.45) is -0.444. The van der Waals surface area contributed by atoms with Crippen molar-refractivity contribution in [1.29, 1.82) is 0 Å². The monoisotopic (exact) mass is 785 g/mol. The predicted molar refractivity (Wildman–Crippen MR) is 201 cm³/mol. The van der Waals surface area contributed by atoms with E-state index in [4.69, 9.17) is 0 Å². The molecule has 1 heterocycles. The molecule has 7 nitrogen and oxygen atoms in total. The summed E-state index contributed by atoms with van der Waals surface area (Å²) < 4.78 is 79.5. The largest absolute Gasteiger partial charge is 0.416 e. The van der Waals surface area contributed by atoms with Gasteiger partial charge in [-0.1, -0.05) is 85.0 Å². The number of alkyl halides is 6.